The average Bonchev–Trinajstić information content (AvgIpc) is 3.26. The number of nitrogens with one attached hydrogen (secondary N) is 1. The molecule has 1 aromatic heterocycles. The predicted octanol–water partition coefficient (Wildman–Crippen LogP) is 3.29. The number of aryl methyl sites for hydroxylation is 1. The van der Waals surface area contributed by atoms with Crippen LogP contribution in [0.25, 0.3) is 0 Å². The highest BCUT2D eigenvalue weighted by atomic mass is 16.5. The van der Waals surface area contributed by atoms with Crippen molar-refractivity contribution in [2.75, 3.05) is 5.32 Å². The minimum atomic E-state index is -0.442. The molecule has 6 heteroatoms. The van der Waals surface area contributed by atoms with Crippen LogP contribution in [0.4, 0.5) is 5.69 Å². The first-order valence-corrected chi connectivity index (χ1v) is 8.77. The fourth-order valence-electron chi connectivity index (χ4n) is 2.94. The third-order valence-corrected chi connectivity index (χ3v) is 4.48. The number of carbonyl (C=O) groups is 1. The van der Waals surface area contributed by atoms with Crippen LogP contribution in [0.1, 0.15) is 38.4 Å². The van der Waals surface area contributed by atoms with E-state index in [1.807, 2.05) is 42.1 Å². The summed E-state index contributed by atoms with van der Waals surface area (Å²) in [7, 11) is 1.93. The zero-order valence-corrected chi connectivity index (χ0v) is 14.8. The Balaban J connectivity index is 1.48. The Bertz CT molecular complexity index is 690. The quantitative estimate of drug-likeness (QED) is 0.838. The molecule has 0 spiro atoms. The van der Waals surface area contributed by atoms with Crippen LogP contribution in [0.3, 0.4) is 0 Å². The van der Waals surface area contributed by atoms with Crippen molar-refractivity contribution < 1.29 is 14.3 Å². The molecule has 1 heterocycles. The zero-order chi connectivity index (χ0) is 17.6. The number of hydrogen-bond donors (Lipinski definition) is 1. The number of anilines is 1. The summed E-state index contributed by atoms with van der Waals surface area (Å²) < 4.78 is 13.4. The van der Waals surface area contributed by atoms with Crippen LogP contribution >= 0.6 is 0 Å². The van der Waals surface area contributed by atoms with Gasteiger partial charge in [-0.05, 0) is 44.0 Å². The second-order valence-corrected chi connectivity index (χ2v) is 6.44. The first-order valence-electron chi connectivity index (χ1n) is 8.77. The minimum Gasteiger partial charge on any atom is -0.486 e. The minimum absolute atomic E-state index is 0.117. The molecular formula is C19H25N3O3. The lowest BCUT2D eigenvalue weighted by molar-refractivity contribution is -0.129. The maximum absolute atomic E-state index is 12.2. The van der Waals surface area contributed by atoms with Crippen molar-refractivity contribution in [3.05, 3.63) is 42.5 Å². The van der Waals surface area contributed by atoms with Crippen molar-refractivity contribution in [1.29, 1.82) is 0 Å². The van der Waals surface area contributed by atoms with Crippen molar-refractivity contribution in [2.45, 2.75) is 51.4 Å². The van der Waals surface area contributed by atoms with E-state index in [0.29, 0.717) is 6.61 Å². The van der Waals surface area contributed by atoms with E-state index < -0.39 is 6.10 Å². The first-order chi connectivity index (χ1) is 12.1. The maximum atomic E-state index is 12.2. The normalized spacial score (nSPS) is 15.9. The second kappa shape index (κ2) is 8.16. The van der Waals surface area contributed by atoms with Gasteiger partial charge in [0.25, 0.3) is 5.91 Å². The molecule has 1 amide bonds. The third-order valence-electron chi connectivity index (χ3n) is 4.48. The number of aromatic nitrogens is 2. The van der Waals surface area contributed by atoms with Gasteiger partial charge >= 0.3 is 0 Å². The van der Waals surface area contributed by atoms with Crippen molar-refractivity contribution in [3.63, 3.8) is 0 Å². The SMILES string of the molecule is C[C@H](OC1CCCC1)C(=O)Nc1ccc(OCc2nccn2C)cc1. The summed E-state index contributed by atoms with van der Waals surface area (Å²) in [4.78, 5) is 16.4. The number of imidazole rings is 1. The monoisotopic (exact) mass is 343 g/mol. The highest BCUT2D eigenvalue weighted by molar-refractivity contribution is 5.93. The van der Waals surface area contributed by atoms with Crippen LogP contribution in [0.15, 0.2) is 36.7 Å². The standard InChI is InChI=1S/C19H25N3O3/c1-14(25-17-5-3-4-6-17)19(23)21-15-7-9-16(10-8-15)24-13-18-20-11-12-22(18)2/h7-12,14,17H,3-6,13H2,1-2H3,(H,21,23)/t14-/m0/s1. The van der Waals surface area contributed by atoms with E-state index in [0.717, 1.165) is 30.1 Å². The van der Waals surface area contributed by atoms with E-state index in [1.54, 1.807) is 13.1 Å². The van der Waals surface area contributed by atoms with Crippen molar-refractivity contribution >= 4 is 11.6 Å². The van der Waals surface area contributed by atoms with E-state index >= 15 is 0 Å². The summed E-state index contributed by atoms with van der Waals surface area (Å²) in [6.45, 7) is 2.21. The third kappa shape index (κ3) is 4.82. The topological polar surface area (TPSA) is 65.4 Å². The number of hydrogen-bond acceptors (Lipinski definition) is 4. The Morgan fingerprint density at radius 2 is 2.04 bits per heavy atom. The van der Waals surface area contributed by atoms with Crippen LogP contribution in [0, 0.1) is 0 Å². The lowest BCUT2D eigenvalue weighted by Crippen LogP contribution is -2.30. The van der Waals surface area contributed by atoms with Gasteiger partial charge < -0.3 is 19.4 Å². The molecule has 6 nitrogen and oxygen atoms in total. The molecule has 1 aromatic carbocycles. The number of carbonyl (C=O) groups excluding carboxylic acids is 1. The molecule has 1 atom stereocenters. The van der Waals surface area contributed by atoms with Gasteiger partial charge in [-0.2, -0.15) is 0 Å². The lowest BCUT2D eigenvalue weighted by atomic mass is 10.2. The summed E-state index contributed by atoms with van der Waals surface area (Å²) in [6, 6.07) is 7.32. The van der Waals surface area contributed by atoms with Crippen LogP contribution in [-0.2, 0) is 23.2 Å². The van der Waals surface area contributed by atoms with Gasteiger partial charge in [-0.1, -0.05) is 12.8 Å². The average molecular weight is 343 g/mol. The largest absolute Gasteiger partial charge is 0.486 e. The Kier molecular flexibility index (Phi) is 5.71. The fourth-order valence-corrected chi connectivity index (χ4v) is 2.94. The number of benzene rings is 1. The predicted molar refractivity (Wildman–Crippen MR) is 95.4 cm³/mol. The molecule has 0 saturated heterocycles. The lowest BCUT2D eigenvalue weighted by Gasteiger charge is -2.18. The van der Waals surface area contributed by atoms with E-state index in [9.17, 15) is 4.79 Å². The highest BCUT2D eigenvalue weighted by Gasteiger charge is 2.22. The molecule has 0 unspecified atom stereocenters. The molecule has 1 saturated carbocycles. The van der Waals surface area contributed by atoms with Gasteiger partial charge in [-0.3, -0.25) is 4.79 Å². The molecule has 1 aliphatic rings. The molecule has 2 aromatic rings. The molecule has 134 valence electrons. The molecule has 0 aliphatic heterocycles. The summed E-state index contributed by atoms with van der Waals surface area (Å²) >= 11 is 0. The molecular weight excluding hydrogens is 318 g/mol. The Morgan fingerprint density at radius 1 is 1.32 bits per heavy atom. The molecule has 25 heavy (non-hydrogen) atoms. The number of nitrogens with zero attached hydrogens (tertiary/aromatic N) is 2. The molecule has 0 radical (unpaired) electrons. The maximum Gasteiger partial charge on any atom is 0.253 e. The summed E-state index contributed by atoms with van der Waals surface area (Å²) in [5.41, 5.74) is 0.733. The van der Waals surface area contributed by atoms with Gasteiger partial charge in [0.1, 0.15) is 24.3 Å². The molecule has 1 aliphatic carbocycles. The van der Waals surface area contributed by atoms with E-state index in [-0.39, 0.29) is 12.0 Å². The van der Waals surface area contributed by atoms with Gasteiger partial charge in [0.15, 0.2) is 0 Å². The second-order valence-electron chi connectivity index (χ2n) is 6.44. The Morgan fingerprint density at radius 3 is 2.68 bits per heavy atom. The zero-order valence-electron chi connectivity index (χ0n) is 14.8. The summed E-state index contributed by atoms with van der Waals surface area (Å²) in [5.74, 6) is 1.47. The number of ether oxygens (including phenoxy) is 2. The van der Waals surface area contributed by atoms with Gasteiger partial charge in [-0.15, -0.1) is 0 Å². The molecule has 1 N–H and O–H groups in total. The van der Waals surface area contributed by atoms with E-state index in [4.69, 9.17) is 9.47 Å². The van der Waals surface area contributed by atoms with E-state index in [1.165, 1.54) is 12.8 Å². The highest BCUT2D eigenvalue weighted by Crippen LogP contribution is 2.23. The van der Waals surface area contributed by atoms with Crippen molar-refractivity contribution in [3.8, 4) is 5.75 Å². The van der Waals surface area contributed by atoms with Crippen LogP contribution in [-0.4, -0.2) is 27.7 Å². The van der Waals surface area contributed by atoms with Gasteiger partial charge in [0.05, 0.1) is 6.10 Å². The number of rotatable bonds is 7. The first kappa shape index (κ1) is 17.5. The van der Waals surface area contributed by atoms with Crippen LogP contribution in [0.2, 0.25) is 0 Å². The Hall–Kier alpha value is -2.34. The Labute approximate surface area is 148 Å². The summed E-state index contributed by atoms with van der Waals surface area (Å²) in [6.07, 6.45) is 7.90. The van der Waals surface area contributed by atoms with Gasteiger partial charge in [0.2, 0.25) is 0 Å². The van der Waals surface area contributed by atoms with Gasteiger partial charge in [-0.25, -0.2) is 4.98 Å². The molecule has 3 rings (SSSR count). The number of amides is 1. The fraction of sp³-hybridized carbons (Fsp3) is 0.474. The van der Waals surface area contributed by atoms with E-state index in [2.05, 4.69) is 10.3 Å². The smallest absolute Gasteiger partial charge is 0.253 e. The van der Waals surface area contributed by atoms with Crippen molar-refractivity contribution in [2.24, 2.45) is 7.05 Å². The van der Waals surface area contributed by atoms with Crippen LogP contribution < -0.4 is 10.1 Å². The van der Waals surface area contributed by atoms with Gasteiger partial charge in [0, 0.05) is 25.1 Å². The molecule has 0 bridgehead atoms. The van der Waals surface area contributed by atoms with Crippen molar-refractivity contribution in [1.82, 2.24) is 9.55 Å². The van der Waals surface area contributed by atoms with Crippen LogP contribution in [0.5, 0.6) is 5.75 Å². The summed E-state index contributed by atoms with van der Waals surface area (Å²) in [5, 5.41) is 2.89. The molecule has 1 fully saturated rings.